The number of likely N-dealkylation sites (tertiary alicyclic amines) is 1. The number of rotatable bonds is 4. The van der Waals surface area contributed by atoms with E-state index in [4.69, 9.17) is 5.73 Å². The highest BCUT2D eigenvalue weighted by Gasteiger charge is 2.29. The van der Waals surface area contributed by atoms with Gasteiger partial charge in [0.15, 0.2) is 0 Å². The molecule has 1 unspecified atom stereocenters. The van der Waals surface area contributed by atoms with Gasteiger partial charge in [-0.1, -0.05) is 44.2 Å². The zero-order valence-corrected chi connectivity index (χ0v) is 10.3. The summed E-state index contributed by atoms with van der Waals surface area (Å²) in [6, 6.07) is 10.5. The molecule has 0 spiro atoms. The molecule has 1 fully saturated rings. The largest absolute Gasteiger partial charge is 0.323 e. The van der Waals surface area contributed by atoms with Crippen LogP contribution in [0.5, 0.6) is 0 Å². The molecule has 1 saturated heterocycles. The SMILES string of the molecule is CC(C)C1CN(CC(N)c2ccccc2)C1. The predicted molar refractivity (Wildman–Crippen MR) is 68.1 cm³/mol. The molecule has 0 radical (unpaired) electrons. The molecule has 0 saturated carbocycles. The van der Waals surface area contributed by atoms with Gasteiger partial charge in [-0.05, 0) is 17.4 Å². The van der Waals surface area contributed by atoms with Crippen LogP contribution in [0.25, 0.3) is 0 Å². The first kappa shape index (κ1) is 11.6. The second-order valence-corrected chi connectivity index (χ2v) is 5.24. The van der Waals surface area contributed by atoms with Crippen LogP contribution >= 0.6 is 0 Å². The van der Waals surface area contributed by atoms with Crippen molar-refractivity contribution in [3.05, 3.63) is 35.9 Å². The Morgan fingerprint density at radius 1 is 1.25 bits per heavy atom. The van der Waals surface area contributed by atoms with Gasteiger partial charge in [0, 0.05) is 25.7 Å². The Bertz CT molecular complexity index is 315. The van der Waals surface area contributed by atoms with Gasteiger partial charge in [0.05, 0.1) is 0 Å². The van der Waals surface area contributed by atoms with Gasteiger partial charge in [0.1, 0.15) is 0 Å². The number of benzene rings is 1. The van der Waals surface area contributed by atoms with Gasteiger partial charge >= 0.3 is 0 Å². The standard InChI is InChI=1S/C14H22N2/c1-11(2)13-8-16(9-13)10-14(15)12-6-4-3-5-7-12/h3-7,11,13-14H,8-10,15H2,1-2H3. The summed E-state index contributed by atoms with van der Waals surface area (Å²) >= 11 is 0. The summed E-state index contributed by atoms with van der Waals surface area (Å²) < 4.78 is 0. The Morgan fingerprint density at radius 2 is 1.88 bits per heavy atom. The Morgan fingerprint density at radius 3 is 2.44 bits per heavy atom. The maximum Gasteiger partial charge on any atom is 0.0424 e. The first-order valence-electron chi connectivity index (χ1n) is 6.19. The van der Waals surface area contributed by atoms with E-state index in [9.17, 15) is 0 Å². The molecule has 1 aromatic carbocycles. The average molecular weight is 218 g/mol. The molecular formula is C14H22N2. The Hall–Kier alpha value is -0.860. The van der Waals surface area contributed by atoms with E-state index in [1.807, 2.05) is 6.07 Å². The quantitative estimate of drug-likeness (QED) is 0.840. The molecule has 16 heavy (non-hydrogen) atoms. The summed E-state index contributed by atoms with van der Waals surface area (Å²) in [6.07, 6.45) is 0. The third-order valence-corrected chi connectivity index (χ3v) is 3.61. The second-order valence-electron chi connectivity index (χ2n) is 5.24. The van der Waals surface area contributed by atoms with Gasteiger partial charge < -0.3 is 10.6 Å². The molecule has 2 N–H and O–H groups in total. The molecule has 88 valence electrons. The minimum atomic E-state index is 0.161. The van der Waals surface area contributed by atoms with Gasteiger partial charge in [0.2, 0.25) is 0 Å². The number of hydrogen-bond acceptors (Lipinski definition) is 2. The van der Waals surface area contributed by atoms with Crippen LogP contribution in [0.15, 0.2) is 30.3 Å². The van der Waals surface area contributed by atoms with E-state index >= 15 is 0 Å². The molecule has 1 heterocycles. The molecule has 0 aliphatic carbocycles. The Labute approximate surface area is 98.4 Å². The number of hydrogen-bond donors (Lipinski definition) is 1. The highest BCUT2D eigenvalue weighted by atomic mass is 15.2. The van der Waals surface area contributed by atoms with Gasteiger partial charge in [-0.3, -0.25) is 0 Å². The molecule has 0 aromatic heterocycles. The highest BCUT2D eigenvalue weighted by molar-refractivity contribution is 5.18. The van der Waals surface area contributed by atoms with Crippen LogP contribution in [0.3, 0.4) is 0 Å². The van der Waals surface area contributed by atoms with E-state index in [0.29, 0.717) is 0 Å². The molecule has 1 atom stereocenters. The molecule has 2 rings (SSSR count). The molecule has 1 aliphatic heterocycles. The topological polar surface area (TPSA) is 29.3 Å². The lowest BCUT2D eigenvalue weighted by Crippen LogP contribution is -2.51. The fourth-order valence-corrected chi connectivity index (χ4v) is 2.26. The van der Waals surface area contributed by atoms with Crippen LogP contribution in [-0.2, 0) is 0 Å². The van der Waals surface area contributed by atoms with E-state index < -0.39 is 0 Å². The second kappa shape index (κ2) is 4.98. The first-order valence-corrected chi connectivity index (χ1v) is 6.19. The van der Waals surface area contributed by atoms with Crippen molar-refractivity contribution < 1.29 is 0 Å². The van der Waals surface area contributed by atoms with Gasteiger partial charge in [0.25, 0.3) is 0 Å². The lowest BCUT2D eigenvalue weighted by molar-refractivity contribution is 0.0630. The van der Waals surface area contributed by atoms with Gasteiger partial charge in [-0.15, -0.1) is 0 Å². The van der Waals surface area contributed by atoms with Crippen molar-refractivity contribution >= 4 is 0 Å². The zero-order valence-electron chi connectivity index (χ0n) is 10.3. The summed E-state index contributed by atoms with van der Waals surface area (Å²) in [5.74, 6) is 1.69. The summed E-state index contributed by atoms with van der Waals surface area (Å²) in [5.41, 5.74) is 7.43. The number of nitrogens with zero attached hydrogens (tertiary/aromatic N) is 1. The Balaban J connectivity index is 1.80. The summed E-state index contributed by atoms with van der Waals surface area (Å²) in [4.78, 5) is 2.46. The molecular weight excluding hydrogens is 196 g/mol. The normalized spacial score (nSPS) is 19.8. The van der Waals surface area contributed by atoms with E-state index in [1.54, 1.807) is 0 Å². The van der Waals surface area contributed by atoms with Crippen LogP contribution in [0.2, 0.25) is 0 Å². The van der Waals surface area contributed by atoms with E-state index in [2.05, 4.69) is 43.0 Å². The van der Waals surface area contributed by atoms with Crippen LogP contribution in [-0.4, -0.2) is 24.5 Å². The smallest absolute Gasteiger partial charge is 0.0424 e. The van der Waals surface area contributed by atoms with Crippen molar-refractivity contribution in [1.82, 2.24) is 4.90 Å². The maximum absolute atomic E-state index is 6.19. The molecule has 0 amide bonds. The van der Waals surface area contributed by atoms with Crippen molar-refractivity contribution in [2.45, 2.75) is 19.9 Å². The monoisotopic (exact) mass is 218 g/mol. The molecule has 0 bridgehead atoms. The van der Waals surface area contributed by atoms with Gasteiger partial charge in [-0.2, -0.15) is 0 Å². The highest BCUT2D eigenvalue weighted by Crippen LogP contribution is 2.25. The molecule has 2 heteroatoms. The summed E-state index contributed by atoms with van der Waals surface area (Å²) in [6.45, 7) is 8.04. The minimum absolute atomic E-state index is 0.161. The maximum atomic E-state index is 6.19. The van der Waals surface area contributed by atoms with Crippen molar-refractivity contribution in [2.75, 3.05) is 19.6 Å². The predicted octanol–water partition coefficient (Wildman–Crippen LogP) is 2.27. The lowest BCUT2D eigenvalue weighted by Gasteiger charge is -2.42. The van der Waals surface area contributed by atoms with E-state index in [1.165, 1.54) is 18.7 Å². The summed E-state index contributed by atoms with van der Waals surface area (Å²) in [7, 11) is 0. The fourth-order valence-electron chi connectivity index (χ4n) is 2.26. The lowest BCUT2D eigenvalue weighted by atomic mass is 9.88. The third kappa shape index (κ3) is 2.63. The molecule has 1 aliphatic rings. The summed E-state index contributed by atoms with van der Waals surface area (Å²) in [5, 5.41) is 0. The van der Waals surface area contributed by atoms with Crippen LogP contribution in [0.4, 0.5) is 0 Å². The molecule has 2 nitrogen and oxygen atoms in total. The number of nitrogens with two attached hydrogens (primary N) is 1. The molecule has 1 aromatic rings. The van der Waals surface area contributed by atoms with Crippen LogP contribution in [0.1, 0.15) is 25.5 Å². The van der Waals surface area contributed by atoms with Crippen LogP contribution in [0, 0.1) is 11.8 Å². The first-order chi connectivity index (χ1) is 7.66. The van der Waals surface area contributed by atoms with Crippen molar-refractivity contribution in [2.24, 2.45) is 17.6 Å². The average Bonchev–Trinajstić information content (AvgIpc) is 2.23. The minimum Gasteiger partial charge on any atom is -0.323 e. The van der Waals surface area contributed by atoms with Crippen LogP contribution < -0.4 is 5.73 Å². The van der Waals surface area contributed by atoms with Crippen molar-refractivity contribution in [1.29, 1.82) is 0 Å². The zero-order chi connectivity index (χ0) is 11.5. The van der Waals surface area contributed by atoms with E-state index in [-0.39, 0.29) is 6.04 Å². The van der Waals surface area contributed by atoms with Crippen molar-refractivity contribution in [3.63, 3.8) is 0 Å². The van der Waals surface area contributed by atoms with Gasteiger partial charge in [-0.25, -0.2) is 0 Å². The third-order valence-electron chi connectivity index (χ3n) is 3.61. The van der Waals surface area contributed by atoms with E-state index in [0.717, 1.165) is 18.4 Å². The fraction of sp³-hybridized carbons (Fsp3) is 0.571. The van der Waals surface area contributed by atoms with Crippen molar-refractivity contribution in [3.8, 4) is 0 Å². The Kier molecular flexibility index (Phi) is 3.62.